The van der Waals surface area contributed by atoms with Gasteiger partial charge < -0.3 is 20.0 Å². The number of nitrogens with zero attached hydrogens (tertiary/aromatic N) is 2. The number of benzene rings is 2. The Morgan fingerprint density at radius 1 is 0.913 bits per heavy atom. The molecule has 0 spiro atoms. The number of hydrogen-bond donors (Lipinski definition) is 2. The molecule has 0 saturated carbocycles. The SMILES string of the molecule is Cc1cc(N2CCN(c3ccc(C(=O)O)cc3)CC2)ccc1O. The zero-order valence-electron chi connectivity index (χ0n) is 13.1. The van der Waals surface area contributed by atoms with Gasteiger partial charge in [-0.25, -0.2) is 4.79 Å². The zero-order chi connectivity index (χ0) is 16.4. The molecule has 0 unspecified atom stereocenters. The van der Waals surface area contributed by atoms with Crippen LogP contribution in [-0.2, 0) is 0 Å². The van der Waals surface area contributed by atoms with Crippen LogP contribution >= 0.6 is 0 Å². The number of piperazine rings is 1. The van der Waals surface area contributed by atoms with Gasteiger partial charge >= 0.3 is 5.97 Å². The van der Waals surface area contributed by atoms with Gasteiger partial charge in [-0.1, -0.05) is 0 Å². The van der Waals surface area contributed by atoms with Gasteiger partial charge in [0, 0.05) is 37.6 Å². The Morgan fingerprint density at radius 3 is 1.96 bits per heavy atom. The lowest BCUT2D eigenvalue weighted by Gasteiger charge is -2.37. The van der Waals surface area contributed by atoms with Crippen molar-refractivity contribution >= 4 is 17.3 Å². The topological polar surface area (TPSA) is 64.0 Å². The van der Waals surface area contributed by atoms with E-state index in [0.717, 1.165) is 43.1 Å². The third kappa shape index (κ3) is 3.23. The van der Waals surface area contributed by atoms with Crippen molar-refractivity contribution in [1.82, 2.24) is 0 Å². The van der Waals surface area contributed by atoms with E-state index in [4.69, 9.17) is 5.11 Å². The summed E-state index contributed by atoms with van der Waals surface area (Å²) in [6.45, 7) is 5.45. The van der Waals surface area contributed by atoms with Crippen molar-refractivity contribution in [2.45, 2.75) is 6.92 Å². The summed E-state index contributed by atoms with van der Waals surface area (Å²) < 4.78 is 0. The minimum atomic E-state index is -0.899. The maximum absolute atomic E-state index is 10.9. The molecule has 1 aliphatic heterocycles. The highest BCUT2D eigenvalue weighted by molar-refractivity contribution is 5.88. The minimum absolute atomic E-state index is 0.312. The van der Waals surface area contributed by atoms with Crippen LogP contribution in [0, 0.1) is 6.92 Å². The standard InChI is InChI=1S/C18H20N2O3/c1-13-12-16(6-7-17(13)21)20-10-8-19(9-11-20)15-4-2-14(3-5-15)18(22)23/h2-7,12,21H,8-11H2,1H3,(H,22,23). The predicted molar refractivity (Wildman–Crippen MR) is 90.7 cm³/mol. The van der Waals surface area contributed by atoms with Crippen molar-refractivity contribution in [3.63, 3.8) is 0 Å². The number of phenolic OH excluding ortho intramolecular Hbond substituents is 1. The number of aromatic hydroxyl groups is 1. The quantitative estimate of drug-likeness (QED) is 0.912. The maximum atomic E-state index is 10.9. The lowest BCUT2D eigenvalue weighted by molar-refractivity contribution is 0.0697. The average molecular weight is 312 g/mol. The first kappa shape index (κ1) is 15.2. The Bertz CT molecular complexity index is 705. The molecule has 0 atom stereocenters. The van der Waals surface area contributed by atoms with Crippen LogP contribution in [0.1, 0.15) is 15.9 Å². The van der Waals surface area contributed by atoms with Gasteiger partial charge in [0.1, 0.15) is 5.75 Å². The maximum Gasteiger partial charge on any atom is 0.335 e. The fraction of sp³-hybridized carbons (Fsp3) is 0.278. The van der Waals surface area contributed by atoms with E-state index in [0.29, 0.717) is 11.3 Å². The first-order valence-electron chi connectivity index (χ1n) is 7.67. The van der Waals surface area contributed by atoms with E-state index in [1.807, 2.05) is 31.2 Å². The van der Waals surface area contributed by atoms with E-state index in [-0.39, 0.29) is 0 Å². The van der Waals surface area contributed by atoms with Crippen LogP contribution in [0.25, 0.3) is 0 Å². The molecule has 23 heavy (non-hydrogen) atoms. The summed E-state index contributed by atoms with van der Waals surface area (Å²) in [4.78, 5) is 15.5. The average Bonchev–Trinajstić information content (AvgIpc) is 2.57. The molecular weight excluding hydrogens is 292 g/mol. The van der Waals surface area contributed by atoms with Gasteiger partial charge in [-0.05, 0) is 55.0 Å². The van der Waals surface area contributed by atoms with Gasteiger partial charge in [0.2, 0.25) is 0 Å². The molecule has 1 heterocycles. The van der Waals surface area contributed by atoms with E-state index >= 15 is 0 Å². The molecular formula is C18H20N2O3. The number of hydrogen-bond acceptors (Lipinski definition) is 4. The van der Waals surface area contributed by atoms with Gasteiger partial charge in [0.25, 0.3) is 0 Å². The monoisotopic (exact) mass is 312 g/mol. The molecule has 2 aromatic carbocycles. The second kappa shape index (κ2) is 6.20. The molecule has 0 radical (unpaired) electrons. The summed E-state index contributed by atoms with van der Waals surface area (Å²) >= 11 is 0. The Balaban J connectivity index is 1.65. The smallest absolute Gasteiger partial charge is 0.335 e. The second-order valence-electron chi connectivity index (χ2n) is 5.80. The fourth-order valence-electron chi connectivity index (χ4n) is 2.87. The summed E-state index contributed by atoms with van der Waals surface area (Å²) in [7, 11) is 0. The normalized spacial score (nSPS) is 14.8. The van der Waals surface area contributed by atoms with E-state index in [1.165, 1.54) is 0 Å². The van der Waals surface area contributed by atoms with Crippen molar-refractivity contribution in [2.24, 2.45) is 0 Å². The number of carbonyl (C=O) groups is 1. The molecule has 0 aromatic heterocycles. The molecule has 2 N–H and O–H groups in total. The van der Waals surface area contributed by atoms with E-state index < -0.39 is 5.97 Å². The van der Waals surface area contributed by atoms with Crippen molar-refractivity contribution in [2.75, 3.05) is 36.0 Å². The Labute approximate surface area is 135 Å². The Morgan fingerprint density at radius 2 is 1.43 bits per heavy atom. The fourth-order valence-corrected chi connectivity index (χ4v) is 2.87. The number of aromatic carboxylic acids is 1. The van der Waals surface area contributed by atoms with Gasteiger partial charge in [0.05, 0.1) is 5.56 Å². The summed E-state index contributed by atoms with van der Waals surface area (Å²) in [5.74, 6) is -0.574. The lowest BCUT2D eigenvalue weighted by atomic mass is 10.1. The number of phenols is 1. The van der Waals surface area contributed by atoms with Gasteiger partial charge in [-0.15, -0.1) is 0 Å². The third-order valence-corrected chi connectivity index (χ3v) is 4.30. The van der Waals surface area contributed by atoms with Crippen LogP contribution < -0.4 is 9.80 Å². The molecule has 120 valence electrons. The molecule has 1 saturated heterocycles. The zero-order valence-corrected chi connectivity index (χ0v) is 13.1. The summed E-state index contributed by atoms with van der Waals surface area (Å²) in [6.07, 6.45) is 0. The van der Waals surface area contributed by atoms with Crippen molar-refractivity contribution in [3.8, 4) is 5.75 Å². The van der Waals surface area contributed by atoms with Gasteiger partial charge in [-0.3, -0.25) is 0 Å². The van der Waals surface area contributed by atoms with Crippen molar-refractivity contribution in [1.29, 1.82) is 0 Å². The summed E-state index contributed by atoms with van der Waals surface area (Å²) in [6, 6.07) is 12.7. The second-order valence-corrected chi connectivity index (χ2v) is 5.80. The molecule has 0 bridgehead atoms. The highest BCUT2D eigenvalue weighted by Crippen LogP contribution is 2.25. The molecule has 5 heteroatoms. The molecule has 3 rings (SSSR count). The lowest BCUT2D eigenvalue weighted by Crippen LogP contribution is -2.46. The van der Waals surface area contributed by atoms with Crippen LogP contribution in [0.15, 0.2) is 42.5 Å². The van der Waals surface area contributed by atoms with E-state index in [1.54, 1.807) is 18.2 Å². The minimum Gasteiger partial charge on any atom is -0.508 e. The highest BCUT2D eigenvalue weighted by atomic mass is 16.4. The number of carboxylic acid groups (broad SMARTS) is 1. The molecule has 1 fully saturated rings. The van der Waals surface area contributed by atoms with Gasteiger partial charge in [0.15, 0.2) is 0 Å². The Kier molecular flexibility index (Phi) is 4.10. The number of rotatable bonds is 3. The molecule has 0 aliphatic carbocycles. The highest BCUT2D eigenvalue weighted by Gasteiger charge is 2.18. The number of aryl methyl sites for hydroxylation is 1. The Hall–Kier alpha value is -2.69. The van der Waals surface area contributed by atoms with Gasteiger partial charge in [-0.2, -0.15) is 0 Å². The first-order valence-corrected chi connectivity index (χ1v) is 7.67. The molecule has 0 amide bonds. The largest absolute Gasteiger partial charge is 0.508 e. The van der Waals surface area contributed by atoms with Crippen LogP contribution in [0.3, 0.4) is 0 Å². The molecule has 5 nitrogen and oxygen atoms in total. The predicted octanol–water partition coefficient (Wildman–Crippen LogP) is 2.73. The molecule has 2 aromatic rings. The van der Waals surface area contributed by atoms with E-state index in [9.17, 15) is 9.90 Å². The van der Waals surface area contributed by atoms with Crippen LogP contribution in [0.2, 0.25) is 0 Å². The third-order valence-electron chi connectivity index (χ3n) is 4.30. The number of carboxylic acids is 1. The number of anilines is 2. The first-order chi connectivity index (χ1) is 11.0. The molecule has 1 aliphatic rings. The summed E-state index contributed by atoms with van der Waals surface area (Å²) in [5, 5.41) is 18.6. The van der Waals surface area contributed by atoms with Crippen molar-refractivity contribution in [3.05, 3.63) is 53.6 Å². The van der Waals surface area contributed by atoms with Crippen molar-refractivity contribution < 1.29 is 15.0 Å². The van der Waals surface area contributed by atoms with E-state index in [2.05, 4.69) is 9.80 Å². The van der Waals surface area contributed by atoms with Crippen LogP contribution in [0.4, 0.5) is 11.4 Å². The summed E-state index contributed by atoms with van der Waals surface area (Å²) in [5.41, 5.74) is 3.37. The van der Waals surface area contributed by atoms with Crippen LogP contribution in [0.5, 0.6) is 5.75 Å². The van der Waals surface area contributed by atoms with Crippen LogP contribution in [-0.4, -0.2) is 42.4 Å².